The minimum atomic E-state index is -1.12. The average Bonchev–Trinajstić information content (AvgIpc) is 2.91. The maximum atomic E-state index is 11.4. The maximum absolute atomic E-state index is 11.4. The van der Waals surface area contributed by atoms with Crippen LogP contribution in [0.3, 0.4) is 0 Å². The molecule has 0 saturated carbocycles. The van der Waals surface area contributed by atoms with Gasteiger partial charge in [0.25, 0.3) is 0 Å². The standard InChI is InChI=1S/C12H8N4O7/c17-11-10(16(21)22)8(13-12(18)14-11)4-2-1-3-7-5-6-9(23-7)15(19)20/h1-6H,(H2,13,14,17,18). The summed E-state index contributed by atoms with van der Waals surface area (Å²) in [5.41, 5.74) is -3.09. The Morgan fingerprint density at radius 3 is 2.30 bits per heavy atom. The van der Waals surface area contributed by atoms with E-state index in [4.69, 9.17) is 4.42 Å². The number of hydrogen-bond donors (Lipinski definition) is 2. The van der Waals surface area contributed by atoms with E-state index in [0.717, 1.165) is 6.08 Å². The molecule has 11 nitrogen and oxygen atoms in total. The Kier molecular flexibility index (Phi) is 4.31. The molecule has 0 fully saturated rings. The summed E-state index contributed by atoms with van der Waals surface area (Å²) in [7, 11) is 0. The van der Waals surface area contributed by atoms with E-state index in [-0.39, 0.29) is 11.5 Å². The third-order valence-electron chi connectivity index (χ3n) is 2.56. The van der Waals surface area contributed by atoms with Gasteiger partial charge in [0, 0.05) is 0 Å². The molecule has 2 N–H and O–H groups in total. The molecule has 0 atom stereocenters. The van der Waals surface area contributed by atoms with Crippen LogP contribution >= 0.6 is 0 Å². The van der Waals surface area contributed by atoms with Crippen LogP contribution in [0.25, 0.3) is 12.2 Å². The summed E-state index contributed by atoms with van der Waals surface area (Å²) in [6.45, 7) is 0. The van der Waals surface area contributed by atoms with Crippen LogP contribution in [-0.4, -0.2) is 19.8 Å². The Morgan fingerprint density at radius 1 is 1.00 bits per heavy atom. The van der Waals surface area contributed by atoms with E-state index >= 15 is 0 Å². The quantitative estimate of drug-likeness (QED) is 0.474. The Labute approximate surface area is 125 Å². The fourth-order valence-corrected chi connectivity index (χ4v) is 1.63. The fraction of sp³-hybridized carbons (Fsp3) is 0. The first-order valence-electron chi connectivity index (χ1n) is 5.98. The van der Waals surface area contributed by atoms with Crippen molar-refractivity contribution in [3.05, 3.63) is 76.8 Å². The monoisotopic (exact) mass is 320 g/mol. The van der Waals surface area contributed by atoms with Gasteiger partial charge in [-0.05, 0) is 18.2 Å². The van der Waals surface area contributed by atoms with E-state index < -0.39 is 32.7 Å². The zero-order valence-corrected chi connectivity index (χ0v) is 11.2. The van der Waals surface area contributed by atoms with Crippen LogP contribution in [0, 0.1) is 20.2 Å². The zero-order valence-electron chi connectivity index (χ0n) is 11.2. The highest BCUT2D eigenvalue weighted by Crippen LogP contribution is 2.16. The van der Waals surface area contributed by atoms with Gasteiger partial charge in [-0.3, -0.25) is 30.0 Å². The van der Waals surface area contributed by atoms with Crippen LogP contribution in [0.2, 0.25) is 0 Å². The molecule has 2 rings (SSSR count). The second-order valence-electron chi connectivity index (χ2n) is 4.08. The molecular formula is C12H8N4O7. The topological polar surface area (TPSA) is 165 Å². The first kappa shape index (κ1) is 15.6. The predicted octanol–water partition coefficient (Wildman–Crippen LogP) is 1.20. The first-order valence-corrected chi connectivity index (χ1v) is 5.98. The second kappa shape index (κ2) is 6.34. The van der Waals surface area contributed by atoms with Crippen LogP contribution in [0.1, 0.15) is 11.5 Å². The van der Waals surface area contributed by atoms with Crippen molar-refractivity contribution in [2.24, 2.45) is 0 Å². The number of furan rings is 1. The molecule has 118 valence electrons. The lowest BCUT2D eigenvalue weighted by atomic mass is 10.3. The number of hydrogen-bond acceptors (Lipinski definition) is 7. The number of H-pyrrole nitrogens is 2. The smallest absolute Gasteiger partial charge is 0.401 e. The maximum Gasteiger partial charge on any atom is 0.433 e. The molecule has 0 aliphatic heterocycles. The number of nitrogens with one attached hydrogen (secondary N) is 2. The van der Waals surface area contributed by atoms with Crippen molar-refractivity contribution in [2.45, 2.75) is 0 Å². The Morgan fingerprint density at radius 2 is 1.70 bits per heavy atom. The molecule has 0 aromatic carbocycles. The van der Waals surface area contributed by atoms with Crippen molar-refractivity contribution in [3.8, 4) is 0 Å². The van der Waals surface area contributed by atoms with E-state index in [2.05, 4.69) is 4.98 Å². The summed E-state index contributed by atoms with van der Waals surface area (Å²) in [5.74, 6) is -0.238. The number of aromatic amines is 2. The summed E-state index contributed by atoms with van der Waals surface area (Å²) in [6, 6.07) is 2.53. The Bertz CT molecular complexity index is 931. The summed E-state index contributed by atoms with van der Waals surface area (Å²) >= 11 is 0. The van der Waals surface area contributed by atoms with Crippen LogP contribution in [0.15, 0.2) is 38.3 Å². The third kappa shape index (κ3) is 3.66. The highest BCUT2D eigenvalue weighted by molar-refractivity contribution is 5.59. The minimum Gasteiger partial charge on any atom is -0.401 e. The highest BCUT2D eigenvalue weighted by Gasteiger charge is 2.18. The van der Waals surface area contributed by atoms with Crippen LogP contribution < -0.4 is 11.2 Å². The van der Waals surface area contributed by atoms with Gasteiger partial charge < -0.3 is 9.40 Å². The molecule has 0 radical (unpaired) electrons. The average molecular weight is 320 g/mol. The fourth-order valence-electron chi connectivity index (χ4n) is 1.63. The molecule has 2 aromatic heterocycles. The summed E-state index contributed by atoms with van der Waals surface area (Å²) in [5, 5.41) is 21.2. The van der Waals surface area contributed by atoms with Crippen LogP contribution in [0.5, 0.6) is 0 Å². The molecule has 23 heavy (non-hydrogen) atoms. The lowest BCUT2D eigenvalue weighted by molar-refractivity contribution is -0.402. The van der Waals surface area contributed by atoms with E-state index in [1.165, 1.54) is 30.4 Å². The van der Waals surface area contributed by atoms with Gasteiger partial charge in [-0.15, -0.1) is 0 Å². The van der Waals surface area contributed by atoms with Gasteiger partial charge in [0.15, 0.2) is 0 Å². The summed E-state index contributed by atoms with van der Waals surface area (Å²) < 4.78 is 4.86. The molecule has 0 amide bonds. The van der Waals surface area contributed by atoms with Crippen LogP contribution in [0.4, 0.5) is 11.6 Å². The predicted molar refractivity (Wildman–Crippen MR) is 77.8 cm³/mol. The van der Waals surface area contributed by atoms with E-state index in [1.807, 2.05) is 0 Å². The van der Waals surface area contributed by atoms with Crippen LogP contribution in [-0.2, 0) is 0 Å². The van der Waals surface area contributed by atoms with E-state index in [1.54, 1.807) is 4.98 Å². The normalized spacial score (nSPS) is 11.3. The molecule has 2 aromatic rings. The van der Waals surface area contributed by atoms with Crippen molar-refractivity contribution >= 4 is 23.7 Å². The van der Waals surface area contributed by atoms with Gasteiger partial charge in [0.2, 0.25) is 0 Å². The number of allylic oxidation sites excluding steroid dienone is 2. The second-order valence-corrected chi connectivity index (χ2v) is 4.08. The summed E-state index contributed by atoms with van der Waals surface area (Å²) in [4.78, 5) is 46.0. The van der Waals surface area contributed by atoms with Gasteiger partial charge in [-0.2, -0.15) is 0 Å². The molecule has 0 saturated heterocycles. The number of rotatable bonds is 5. The Hall–Kier alpha value is -3.76. The van der Waals surface area contributed by atoms with Gasteiger partial charge in [0.05, 0.1) is 11.0 Å². The SMILES string of the molecule is O=c1[nH]c(C=CC=Cc2ccc([N+](=O)[O-])o2)c([N+](=O)[O-])c(=O)[nH]1. The molecule has 0 aliphatic carbocycles. The first-order chi connectivity index (χ1) is 10.9. The van der Waals surface area contributed by atoms with Gasteiger partial charge in [0.1, 0.15) is 16.4 Å². The lowest BCUT2D eigenvalue weighted by Crippen LogP contribution is -2.25. The third-order valence-corrected chi connectivity index (χ3v) is 2.56. The molecule has 11 heteroatoms. The van der Waals surface area contributed by atoms with E-state index in [9.17, 15) is 29.8 Å². The van der Waals surface area contributed by atoms with Gasteiger partial charge in [-0.25, -0.2) is 4.79 Å². The molecule has 2 heterocycles. The zero-order chi connectivity index (χ0) is 17.0. The van der Waals surface area contributed by atoms with Crippen molar-refractivity contribution < 1.29 is 14.3 Å². The molecule has 0 unspecified atom stereocenters. The molecule has 0 bridgehead atoms. The Balaban J connectivity index is 2.25. The minimum absolute atomic E-state index is 0.190. The van der Waals surface area contributed by atoms with Crippen molar-refractivity contribution in [2.75, 3.05) is 0 Å². The summed E-state index contributed by atoms with van der Waals surface area (Å²) in [6.07, 6.45) is 5.17. The molecular weight excluding hydrogens is 312 g/mol. The number of nitro groups is 2. The van der Waals surface area contributed by atoms with Crippen molar-refractivity contribution in [3.63, 3.8) is 0 Å². The van der Waals surface area contributed by atoms with Gasteiger partial charge >= 0.3 is 22.8 Å². The van der Waals surface area contributed by atoms with Crippen molar-refractivity contribution in [1.29, 1.82) is 0 Å². The molecule has 0 aliphatic rings. The largest absolute Gasteiger partial charge is 0.433 e. The van der Waals surface area contributed by atoms with E-state index in [0.29, 0.717) is 0 Å². The number of nitrogens with zero attached hydrogens (tertiary/aromatic N) is 2. The highest BCUT2D eigenvalue weighted by atomic mass is 16.6. The lowest BCUT2D eigenvalue weighted by Gasteiger charge is -1.94. The molecule has 0 spiro atoms. The van der Waals surface area contributed by atoms with Crippen molar-refractivity contribution in [1.82, 2.24) is 9.97 Å². The van der Waals surface area contributed by atoms with Gasteiger partial charge in [-0.1, -0.05) is 12.2 Å². The number of aromatic nitrogens is 2.